The van der Waals surface area contributed by atoms with Crippen LogP contribution in [0.2, 0.25) is 0 Å². The maximum Gasteiger partial charge on any atom is 0.218 e. The average Bonchev–Trinajstić information content (AvgIpc) is 3.45. The summed E-state index contributed by atoms with van der Waals surface area (Å²) in [5.41, 5.74) is 3.01. The Morgan fingerprint density at radius 2 is 2.00 bits per heavy atom. The molecule has 0 bridgehead atoms. The second kappa shape index (κ2) is 9.50. The second-order valence-corrected chi connectivity index (χ2v) is 6.62. The molecule has 0 saturated heterocycles. The lowest BCUT2D eigenvalue weighted by molar-refractivity contribution is 0.289. The summed E-state index contributed by atoms with van der Waals surface area (Å²) in [5, 5.41) is 0. The number of nitrogens with zero attached hydrogens (tertiary/aromatic N) is 4. The molecular formula is C23H22N4O2. The Labute approximate surface area is 169 Å². The number of oxazole rings is 1. The Kier molecular flexibility index (Phi) is 6.12. The Hall–Kier alpha value is -3.67. The van der Waals surface area contributed by atoms with Crippen LogP contribution >= 0.6 is 0 Å². The molecule has 0 saturated carbocycles. The van der Waals surface area contributed by atoms with Crippen LogP contribution in [0.1, 0.15) is 29.1 Å². The first-order chi connectivity index (χ1) is 14.3. The number of aryl methyl sites for hydroxylation is 2. The summed E-state index contributed by atoms with van der Waals surface area (Å²) in [6.45, 7) is 1.26. The smallest absolute Gasteiger partial charge is 0.218 e. The fourth-order valence-electron chi connectivity index (χ4n) is 2.87. The zero-order chi connectivity index (χ0) is 19.7. The number of pyridine rings is 1. The van der Waals surface area contributed by atoms with Crippen LogP contribution in [0.4, 0.5) is 0 Å². The van der Waals surface area contributed by atoms with Crippen molar-refractivity contribution in [1.82, 2.24) is 19.5 Å². The summed E-state index contributed by atoms with van der Waals surface area (Å²) in [7, 11) is 0. The van der Waals surface area contributed by atoms with Gasteiger partial charge in [-0.15, -0.1) is 0 Å². The van der Waals surface area contributed by atoms with Crippen molar-refractivity contribution in [3.8, 4) is 5.88 Å². The molecule has 29 heavy (non-hydrogen) atoms. The molecule has 0 aliphatic carbocycles. The van der Waals surface area contributed by atoms with Gasteiger partial charge in [0.25, 0.3) is 0 Å². The lowest BCUT2D eigenvalue weighted by Crippen LogP contribution is -1.99. The number of aromatic nitrogens is 4. The van der Waals surface area contributed by atoms with Gasteiger partial charge in [-0.3, -0.25) is 0 Å². The van der Waals surface area contributed by atoms with Gasteiger partial charge in [0.15, 0.2) is 0 Å². The highest BCUT2D eigenvalue weighted by Gasteiger charge is 2.04. The summed E-state index contributed by atoms with van der Waals surface area (Å²) in [4.78, 5) is 12.8. The molecule has 0 radical (unpaired) electrons. The molecule has 3 aromatic heterocycles. The lowest BCUT2D eigenvalue weighted by Gasteiger charge is -2.05. The van der Waals surface area contributed by atoms with E-state index in [2.05, 4.69) is 19.5 Å². The summed E-state index contributed by atoms with van der Waals surface area (Å²) >= 11 is 0. The third kappa shape index (κ3) is 5.65. The first-order valence-electron chi connectivity index (χ1n) is 9.56. The topological polar surface area (TPSA) is 66.0 Å². The minimum Gasteiger partial charge on any atom is -0.471 e. The molecular weight excluding hydrogens is 364 g/mol. The molecule has 0 amide bonds. The van der Waals surface area contributed by atoms with Crippen molar-refractivity contribution < 1.29 is 9.15 Å². The Morgan fingerprint density at radius 3 is 2.79 bits per heavy atom. The number of rotatable bonds is 9. The van der Waals surface area contributed by atoms with Crippen LogP contribution in [0, 0.1) is 0 Å². The monoisotopic (exact) mass is 386 g/mol. The molecule has 0 atom stereocenters. The highest BCUT2D eigenvalue weighted by molar-refractivity contribution is 5.65. The maximum atomic E-state index is 5.72. The first-order valence-corrected chi connectivity index (χ1v) is 9.56. The van der Waals surface area contributed by atoms with Crippen molar-refractivity contribution in [2.24, 2.45) is 0 Å². The summed E-state index contributed by atoms with van der Waals surface area (Å²) < 4.78 is 13.3. The third-order valence-electron chi connectivity index (χ3n) is 4.39. The number of benzene rings is 1. The van der Waals surface area contributed by atoms with E-state index in [-0.39, 0.29) is 0 Å². The van der Waals surface area contributed by atoms with Gasteiger partial charge in [0.05, 0.1) is 6.33 Å². The lowest BCUT2D eigenvalue weighted by atomic mass is 10.1. The van der Waals surface area contributed by atoms with Gasteiger partial charge < -0.3 is 13.7 Å². The van der Waals surface area contributed by atoms with E-state index >= 15 is 0 Å². The SMILES string of the molecule is C(=Cc1nc(COc2ccc(CCCn3ccnc3)cn2)co1)c1ccccc1. The van der Waals surface area contributed by atoms with E-state index in [0.717, 1.165) is 30.6 Å². The predicted octanol–water partition coefficient (Wildman–Crippen LogP) is 4.65. The van der Waals surface area contributed by atoms with Gasteiger partial charge in [0, 0.05) is 37.3 Å². The molecule has 0 N–H and O–H groups in total. The Balaban J connectivity index is 1.24. The van der Waals surface area contributed by atoms with E-state index in [9.17, 15) is 0 Å². The zero-order valence-corrected chi connectivity index (χ0v) is 16.0. The highest BCUT2D eigenvalue weighted by Crippen LogP contribution is 2.13. The Bertz CT molecular complexity index is 1020. The Morgan fingerprint density at radius 1 is 1.07 bits per heavy atom. The van der Waals surface area contributed by atoms with E-state index in [4.69, 9.17) is 9.15 Å². The van der Waals surface area contributed by atoms with Crippen molar-refractivity contribution in [2.75, 3.05) is 0 Å². The molecule has 1 aromatic carbocycles. The van der Waals surface area contributed by atoms with E-state index in [1.165, 1.54) is 5.56 Å². The van der Waals surface area contributed by atoms with Gasteiger partial charge in [0.1, 0.15) is 18.6 Å². The molecule has 0 aliphatic heterocycles. The molecule has 0 fully saturated rings. The van der Waals surface area contributed by atoms with E-state index < -0.39 is 0 Å². The van der Waals surface area contributed by atoms with Crippen molar-refractivity contribution in [3.63, 3.8) is 0 Å². The molecule has 146 valence electrons. The number of hydrogen-bond acceptors (Lipinski definition) is 5. The summed E-state index contributed by atoms with van der Waals surface area (Å²) in [5.74, 6) is 1.13. The van der Waals surface area contributed by atoms with Gasteiger partial charge in [-0.05, 0) is 30.0 Å². The van der Waals surface area contributed by atoms with Gasteiger partial charge in [-0.2, -0.15) is 0 Å². The third-order valence-corrected chi connectivity index (χ3v) is 4.39. The molecule has 3 heterocycles. The minimum absolute atomic E-state index is 0.315. The first kappa shape index (κ1) is 18.7. The van der Waals surface area contributed by atoms with Crippen molar-refractivity contribution in [3.05, 3.63) is 96.4 Å². The quantitative estimate of drug-likeness (QED) is 0.419. The van der Waals surface area contributed by atoms with Crippen molar-refractivity contribution in [2.45, 2.75) is 26.0 Å². The fourth-order valence-corrected chi connectivity index (χ4v) is 2.87. The van der Waals surface area contributed by atoms with Gasteiger partial charge in [-0.25, -0.2) is 15.0 Å². The van der Waals surface area contributed by atoms with Crippen molar-refractivity contribution >= 4 is 12.2 Å². The van der Waals surface area contributed by atoms with Gasteiger partial charge >= 0.3 is 0 Å². The molecule has 4 aromatic rings. The molecule has 0 unspecified atom stereocenters. The van der Waals surface area contributed by atoms with Crippen molar-refractivity contribution in [1.29, 1.82) is 0 Å². The number of hydrogen-bond donors (Lipinski definition) is 0. The van der Waals surface area contributed by atoms with Crippen LogP contribution in [-0.2, 0) is 19.6 Å². The summed E-state index contributed by atoms with van der Waals surface area (Å²) in [6.07, 6.45) is 14.9. The molecule has 0 aliphatic rings. The zero-order valence-electron chi connectivity index (χ0n) is 16.0. The molecule has 0 spiro atoms. The molecule has 6 nitrogen and oxygen atoms in total. The van der Waals surface area contributed by atoms with Gasteiger partial charge in [-0.1, -0.05) is 36.4 Å². The summed E-state index contributed by atoms with van der Waals surface area (Å²) in [6, 6.07) is 14.0. The number of ether oxygens (including phenoxy) is 1. The van der Waals surface area contributed by atoms with E-state index in [1.807, 2.05) is 73.3 Å². The van der Waals surface area contributed by atoms with Crippen LogP contribution in [0.5, 0.6) is 5.88 Å². The second-order valence-electron chi connectivity index (χ2n) is 6.62. The standard InChI is InChI=1S/C23H22N4O2/c1-2-5-19(6-3-1)8-11-23-26-21(17-29-23)16-28-22-10-9-20(15-25-22)7-4-13-27-14-12-24-18-27/h1-3,5-6,8-12,14-15,17-18H,4,7,13,16H2. The van der Waals surface area contributed by atoms with Crippen LogP contribution < -0.4 is 4.74 Å². The molecule has 4 rings (SSSR count). The molecule has 6 heteroatoms. The average molecular weight is 386 g/mol. The maximum absolute atomic E-state index is 5.72. The predicted molar refractivity (Wildman–Crippen MR) is 111 cm³/mol. The van der Waals surface area contributed by atoms with E-state index in [0.29, 0.717) is 18.4 Å². The van der Waals surface area contributed by atoms with E-state index in [1.54, 1.807) is 12.5 Å². The largest absolute Gasteiger partial charge is 0.471 e. The fraction of sp³-hybridized carbons (Fsp3) is 0.174. The van der Waals surface area contributed by atoms with Crippen LogP contribution in [0.25, 0.3) is 12.2 Å². The van der Waals surface area contributed by atoms with Crippen LogP contribution in [0.3, 0.4) is 0 Å². The van der Waals surface area contributed by atoms with Crippen LogP contribution in [0.15, 0.2) is 78.1 Å². The highest BCUT2D eigenvalue weighted by atomic mass is 16.5. The van der Waals surface area contributed by atoms with Crippen LogP contribution in [-0.4, -0.2) is 19.5 Å². The number of imidazole rings is 1. The normalized spacial score (nSPS) is 11.2. The minimum atomic E-state index is 0.315. The van der Waals surface area contributed by atoms with Gasteiger partial charge in [0.2, 0.25) is 11.8 Å².